The first kappa shape index (κ1) is 27.9. The molecule has 1 aromatic rings. The highest BCUT2D eigenvalue weighted by Crippen LogP contribution is 2.21. The molecule has 0 atom stereocenters. The number of sulfonamides is 2. The van der Waals surface area contributed by atoms with Gasteiger partial charge in [-0.3, -0.25) is 0 Å². The lowest BCUT2D eigenvalue weighted by molar-refractivity contribution is -0.159. The molecule has 12 nitrogen and oxygen atoms in total. The predicted octanol–water partition coefficient (Wildman–Crippen LogP) is 0.304. The van der Waals surface area contributed by atoms with Crippen LogP contribution in [0.1, 0.15) is 25.7 Å². The van der Waals surface area contributed by atoms with Gasteiger partial charge in [-0.05, 0) is 37.1 Å². The van der Waals surface area contributed by atoms with Gasteiger partial charge in [0, 0.05) is 27.3 Å². The Morgan fingerprint density at radius 2 is 1.34 bits per heavy atom. The summed E-state index contributed by atoms with van der Waals surface area (Å²) < 4.78 is 63.8. The Labute approximate surface area is 187 Å². The van der Waals surface area contributed by atoms with Gasteiger partial charge < -0.3 is 19.7 Å². The SMILES string of the molecule is COC(CNS(=O)(=O)c1ccc(S(=O)(=O)N2CCCCCC2)cc1)OC.O=C(O)C(=O)O. The number of hydrogen-bond acceptors (Lipinski definition) is 8. The molecule has 1 aliphatic rings. The quantitative estimate of drug-likeness (QED) is 0.335. The van der Waals surface area contributed by atoms with Crippen LogP contribution in [0.15, 0.2) is 34.1 Å². The van der Waals surface area contributed by atoms with Crippen LogP contribution in [0.5, 0.6) is 0 Å². The van der Waals surface area contributed by atoms with Crippen molar-refractivity contribution in [3.63, 3.8) is 0 Å². The Morgan fingerprint density at radius 1 is 0.906 bits per heavy atom. The molecule has 0 bridgehead atoms. The van der Waals surface area contributed by atoms with E-state index in [1.807, 2.05) is 0 Å². The van der Waals surface area contributed by atoms with Crippen molar-refractivity contribution in [1.82, 2.24) is 9.03 Å². The van der Waals surface area contributed by atoms with Gasteiger partial charge in [0.1, 0.15) is 0 Å². The number of nitrogens with zero attached hydrogens (tertiary/aromatic N) is 1. The number of carboxylic acids is 2. The predicted molar refractivity (Wildman–Crippen MR) is 112 cm³/mol. The van der Waals surface area contributed by atoms with Crippen LogP contribution in [-0.4, -0.2) is 83.4 Å². The molecule has 3 N–H and O–H groups in total. The lowest BCUT2D eigenvalue weighted by Crippen LogP contribution is -2.34. The van der Waals surface area contributed by atoms with Gasteiger partial charge >= 0.3 is 11.9 Å². The molecule has 2 rings (SSSR count). The molecule has 0 saturated carbocycles. The van der Waals surface area contributed by atoms with E-state index in [-0.39, 0.29) is 16.3 Å². The molecule has 1 heterocycles. The molecule has 1 aromatic carbocycles. The van der Waals surface area contributed by atoms with Crippen molar-refractivity contribution in [1.29, 1.82) is 0 Å². The zero-order valence-corrected chi connectivity index (χ0v) is 19.4. The Balaban J connectivity index is 0.000000751. The molecule has 182 valence electrons. The van der Waals surface area contributed by atoms with E-state index in [0.29, 0.717) is 13.1 Å². The van der Waals surface area contributed by atoms with Gasteiger partial charge in [-0.15, -0.1) is 0 Å². The van der Waals surface area contributed by atoms with Gasteiger partial charge in [0.25, 0.3) is 0 Å². The average Bonchev–Trinajstić information content (AvgIpc) is 3.05. The maximum atomic E-state index is 12.7. The Kier molecular flexibility index (Phi) is 11.2. The third-order valence-electron chi connectivity index (χ3n) is 4.49. The smallest absolute Gasteiger partial charge is 0.414 e. The largest absolute Gasteiger partial charge is 0.473 e. The molecule has 1 aliphatic heterocycles. The molecule has 0 spiro atoms. The number of rotatable bonds is 8. The number of carbonyl (C=O) groups is 2. The summed E-state index contributed by atoms with van der Waals surface area (Å²) in [6, 6.07) is 5.25. The van der Waals surface area contributed by atoms with Crippen molar-refractivity contribution in [3.05, 3.63) is 24.3 Å². The van der Waals surface area contributed by atoms with Crippen LogP contribution in [0, 0.1) is 0 Å². The fourth-order valence-corrected chi connectivity index (χ4v) is 5.28. The first-order valence-corrected chi connectivity index (χ1v) is 12.5. The van der Waals surface area contributed by atoms with E-state index in [1.54, 1.807) is 0 Å². The number of aliphatic carboxylic acids is 2. The summed E-state index contributed by atoms with van der Waals surface area (Å²) in [7, 11) is -4.57. The summed E-state index contributed by atoms with van der Waals surface area (Å²) in [5.41, 5.74) is 0. The van der Waals surface area contributed by atoms with Crippen LogP contribution in [0.3, 0.4) is 0 Å². The molecular weight excluding hydrogens is 468 g/mol. The van der Waals surface area contributed by atoms with Crippen LogP contribution in [0.2, 0.25) is 0 Å². The number of nitrogens with one attached hydrogen (secondary N) is 1. The zero-order chi connectivity index (χ0) is 24.4. The molecule has 14 heteroatoms. The number of benzene rings is 1. The first-order chi connectivity index (χ1) is 15.0. The minimum atomic E-state index is -3.79. The monoisotopic (exact) mass is 496 g/mol. The van der Waals surface area contributed by atoms with E-state index in [9.17, 15) is 16.8 Å². The number of ether oxygens (including phenoxy) is 2. The van der Waals surface area contributed by atoms with Crippen LogP contribution < -0.4 is 4.72 Å². The van der Waals surface area contributed by atoms with Gasteiger partial charge in [-0.25, -0.2) is 31.1 Å². The highest BCUT2D eigenvalue weighted by atomic mass is 32.2. The molecule has 32 heavy (non-hydrogen) atoms. The fourth-order valence-electron chi connectivity index (χ4n) is 2.75. The van der Waals surface area contributed by atoms with Gasteiger partial charge in [0.15, 0.2) is 6.29 Å². The first-order valence-electron chi connectivity index (χ1n) is 9.57. The second-order valence-corrected chi connectivity index (χ2v) is 10.4. The second kappa shape index (κ2) is 12.8. The third-order valence-corrected chi connectivity index (χ3v) is 7.84. The van der Waals surface area contributed by atoms with Crippen LogP contribution in [0.4, 0.5) is 0 Å². The van der Waals surface area contributed by atoms with Crippen molar-refractivity contribution < 1.29 is 46.1 Å². The van der Waals surface area contributed by atoms with Crippen LogP contribution >= 0.6 is 0 Å². The minimum absolute atomic E-state index is 0.0155. The molecule has 0 unspecified atom stereocenters. The van der Waals surface area contributed by atoms with Crippen molar-refractivity contribution in [2.75, 3.05) is 33.9 Å². The Hall–Kier alpha value is -2.10. The Morgan fingerprint density at radius 3 is 1.75 bits per heavy atom. The minimum Gasteiger partial charge on any atom is -0.473 e. The summed E-state index contributed by atoms with van der Waals surface area (Å²) in [6.07, 6.45) is 3.04. The maximum Gasteiger partial charge on any atom is 0.414 e. The topological polar surface area (TPSA) is 177 Å². The molecule has 0 aromatic heterocycles. The number of methoxy groups -OCH3 is 2. The molecule has 1 fully saturated rings. The number of hydrogen-bond donors (Lipinski definition) is 3. The van der Waals surface area contributed by atoms with Gasteiger partial charge in [0.05, 0.1) is 16.3 Å². The molecule has 0 radical (unpaired) electrons. The summed E-state index contributed by atoms with van der Waals surface area (Å²) in [4.78, 5) is 18.3. The number of carboxylic acid groups (broad SMARTS) is 2. The van der Waals surface area contributed by atoms with E-state index in [4.69, 9.17) is 29.3 Å². The van der Waals surface area contributed by atoms with Crippen LogP contribution in [0.25, 0.3) is 0 Å². The van der Waals surface area contributed by atoms with E-state index >= 15 is 0 Å². The highest BCUT2D eigenvalue weighted by molar-refractivity contribution is 7.89. The van der Waals surface area contributed by atoms with Crippen molar-refractivity contribution in [2.24, 2.45) is 0 Å². The zero-order valence-electron chi connectivity index (χ0n) is 17.8. The van der Waals surface area contributed by atoms with Crippen molar-refractivity contribution in [2.45, 2.75) is 41.8 Å². The molecule has 0 amide bonds. The molecule has 1 saturated heterocycles. The normalized spacial score (nSPS) is 15.5. The Bertz CT molecular complexity index is 938. The van der Waals surface area contributed by atoms with Crippen molar-refractivity contribution in [3.8, 4) is 0 Å². The van der Waals surface area contributed by atoms with E-state index in [2.05, 4.69) is 4.72 Å². The summed E-state index contributed by atoms with van der Waals surface area (Å²) in [5.74, 6) is -3.65. The third kappa shape index (κ3) is 8.44. The van der Waals surface area contributed by atoms with Crippen LogP contribution in [-0.2, 0) is 39.1 Å². The van der Waals surface area contributed by atoms with Gasteiger partial charge in [0.2, 0.25) is 20.0 Å². The van der Waals surface area contributed by atoms with Crippen molar-refractivity contribution >= 4 is 32.0 Å². The standard InChI is InChI=1S/C16H26N2O6S2.C2H2O4/c1-23-16(24-2)13-17-25(19,20)14-7-9-15(10-8-14)26(21,22)18-11-5-3-4-6-12-18;3-1(4)2(5)6/h7-10,16-17H,3-6,11-13H2,1-2H3;(H,3,4)(H,5,6). The second-order valence-electron chi connectivity index (χ2n) is 6.65. The fraction of sp³-hybridized carbons (Fsp3) is 0.556. The lowest BCUT2D eigenvalue weighted by Gasteiger charge is -2.20. The average molecular weight is 497 g/mol. The van der Waals surface area contributed by atoms with Gasteiger partial charge in [-0.2, -0.15) is 4.31 Å². The van der Waals surface area contributed by atoms with E-state index < -0.39 is 38.3 Å². The summed E-state index contributed by atoms with van der Waals surface area (Å²) in [5, 5.41) is 14.8. The summed E-state index contributed by atoms with van der Waals surface area (Å²) >= 11 is 0. The highest BCUT2D eigenvalue weighted by Gasteiger charge is 2.26. The lowest BCUT2D eigenvalue weighted by atomic mass is 10.2. The summed E-state index contributed by atoms with van der Waals surface area (Å²) in [6.45, 7) is 0.946. The van der Waals surface area contributed by atoms with Gasteiger partial charge in [-0.1, -0.05) is 12.8 Å². The van der Waals surface area contributed by atoms with E-state index in [1.165, 1.54) is 42.8 Å². The molecule has 0 aliphatic carbocycles. The van der Waals surface area contributed by atoms with E-state index in [0.717, 1.165) is 25.7 Å². The maximum absolute atomic E-state index is 12.7. The molecular formula is C18H28N2O10S2.